The Kier molecular flexibility index (Phi) is 4.22. The summed E-state index contributed by atoms with van der Waals surface area (Å²) in [6, 6.07) is 9.82. The molecule has 3 nitrogen and oxygen atoms in total. The molecule has 0 aliphatic carbocycles. The van der Waals surface area contributed by atoms with Gasteiger partial charge in [-0.25, -0.2) is 0 Å². The van der Waals surface area contributed by atoms with Gasteiger partial charge in [-0.15, -0.1) is 0 Å². The van der Waals surface area contributed by atoms with E-state index in [1.165, 1.54) is 0 Å². The molecule has 2 aromatic rings. The largest absolute Gasteiger partial charge is 0.507 e. The molecule has 0 amide bonds. The highest BCUT2D eigenvalue weighted by Gasteiger charge is 2.15. The predicted octanol–water partition coefficient (Wildman–Crippen LogP) is 4.69. The Hall–Kier alpha value is -1.39. The zero-order chi connectivity index (χ0) is 14.0. The number of hydrogen-bond acceptors (Lipinski definition) is 3. The van der Waals surface area contributed by atoms with E-state index < -0.39 is 0 Å². The van der Waals surface area contributed by atoms with Gasteiger partial charge in [0.2, 0.25) is 0 Å². The summed E-state index contributed by atoms with van der Waals surface area (Å²) in [5.74, 6) is 0.121. The van der Waals surface area contributed by atoms with Crippen LogP contribution in [0.25, 0.3) is 0 Å². The molecule has 0 bridgehead atoms. The third-order valence-corrected chi connectivity index (χ3v) is 3.69. The van der Waals surface area contributed by atoms with Crippen LogP contribution >= 0.6 is 27.5 Å². The number of aromatic hydroxyl groups is 2. The molecule has 0 saturated heterocycles. The average molecular weight is 343 g/mol. The maximum Gasteiger partial charge on any atom is 0.124 e. The lowest BCUT2D eigenvalue weighted by molar-refractivity contribution is 0.434. The summed E-state index contributed by atoms with van der Waals surface area (Å²) >= 11 is 9.30. The van der Waals surface area contributed by atoms with Gasteiger partial charge in [-0.2, -0.15) is 0 Å². The Bertz CT molecular complexity index is 584. The van der Waals surface area contributed by atoms with Gasteiger partial charge in [-0.3, -0.25) is 0 Å². The van der Waals surface area contributed by atoms with Gasteiger partial charge < -0.3 is 15.5 Å². The van der Waals surface area contributed by atoms with Gasteiger partial charge in [0.1, 0.15) is 11.5 Å². The van der Waals surface area contributed by atoms with E-state index in [-0.39, 0.29) is 17.5 Å². The van der Waals surface area contributed by atoms with Crippen molar-refractivity contribution >= 4 is 33.2 Å². The molecule has 5 heteroatoms. The highest BCUT2D eigenvalue weighted by molar-refractivity contribution is 9.10. The Morgan fingerprint density at radius 2 is 1.79 bits per heavy atom. The summed E-state index contributed by atoms with van der Waals surface area (Å²) < 4.78 is 0.821. The topological polar surface area (TPSA) is 52.5 Å². The first-order valence-electron chi connectivity index (χ1n) is 5.71. The summed E-state index contributed by atoms with van der Waals surface area (Å²) in [5, 5.41) is 23.5. The third-order valence-electron chi connectivity index (χ3n) is 2.80. The smallest absolute Gasteiger partial charge is 0.124 e. The van der Waals surface area contributed by atoms with Crippen LogP contribution in [-0.2, 0) is 0 Å². The molecule has 0 aromatic heterocycles. The van der Waals surface area contributed by atoms with Gasteiger partial charge in [0.25, 0.3) is 0 Å². The standard InChI is InChI=1S/C14H13BrClNO2/c1-8(14-12(18)3-2-4-13(14)19)17-11-6-5-9(16)7-10(11)15/h2-8,17-19H,1H3. The molecule has 19 heavy (non-hydrogen) atoms. The van der Waals surface area contributed by atoms with Crippen molar-refractivity contribution in [2.45, 2.75) is 13.0 Å². The van der Waals surface area contributed by atoms with Crippen molar-refractivity contribution in [1.82, 2.24) is 0 Å². The predicted molar refractivity (Wildman–Crippen MR) is 81.0 cm³/mol. The molecule has 100 valence electrons. The van der Waals surface area contributed by atoms with Crippen LogP contribution < -0.4 is 5.32 Å². The van der Waals surface area contributed by atoms with Crippen LogP contribution in [-0.4, -0.2) is 10.2 Å². The normalized spacial score (nSPS) is 12.2. The van der Waals surface area contributed by atoms with Crippen molar-refractivity contribution in [3.63, 3.8) is 0 Å². The molecule has 1 atom stereocenters. The molecule has 0 radical (unpaired) electrons. The van der Waals surface area contributed by atoms with E-state index in [2.05, 4.69) is 21.2 Å². The Morgan fingerprint density at radius 3 is 2.37 bits per heavy atom. The Labute approximate surface area is 125 Å². The molecule has 0 heterocycles. The van der Waals surface area contributed by atoms with E-state index >= 15 is 0 Å². The number of phenolic OH excluding ortho intramolecular Hbond substituents is 2. The molecular weight excluding hydrogens is 330 g/mol. The average Bonchev–Trinajstić information content (AvgIpc) is 2.32. The molecule has 0 spiro atoms. The van der Waals surface area contributed by atoms with Crippen molar-refractivity contribution in [3.05, 3.63) is 51.5 Å². The van der Waals surface area contributed by atoms with Crippen LogP contribution in [0.2, 0.25) is 5.02 Å². The Morgan fingerprint density at radius 1 is 1.16 bits per heavy atom. The zero-order valence-electron chi connectivity index (χ0n) is 10.2. The quantitative estimate of drug-likeness (QED) is 0.758. The molecule has 1 unspecified atom stereocenters. The fourth-order valence-corrected chi connectivity index (χ4v) is 2.69. The summed E-state index contributed by atoms with van der Waals surface area (Å²) in [7, 11) is 0. The van der Waals surface area contributed by atoms with Crippen LogP contribution in [0.5, 0.6) is 11.5 Å². The summed E-state index contributed by atoms with van der Waals surface area (Å²) in [6.45, 7) is 1.86. The van der Waals surface area contributed by atoms with Crippen LogP contribution in [0.15, 0.2) is 40.9 Å². The number of rotatable bonds is 3. The van der Waals surface area contributed by atoms with Gasteiger partial charge in [-0.05, 0) is 53.2 Å². The van der Waals surface area contributed by atoms with Crippen molar-refractivity contribution in [3.8, 4) is 11.5 Å². The van der Waals surface area contributed by atoms with Crippen molar-refractivity contribution in [1.29, 1.82) is 0 Å². The molecule has 2 rings (SSSR count). The van der Waals surface area contributed by atoms with Gasteiger partial charge in [0.15, 0.2) is 0 Å². The van der Waals surface area contributed by atoms with E-state index in [4.69, 9.17) is 11.6 Å². The SMILES string of the molecule is CC(Nc1ccc(Cl)cc1Br)c1c(O)cccc1O. The first kappa shape index (κ1) is 14.0. The lowest BCUT2D eigenvalue weighted by Gasteiger charge is -2.19. The van der Waals surface area contributed by atoms with Crippen molar-refractivity contribution < 1.29 is 10.2 Å². The van der Waals surface area contributed by atoms with Crippen LogP contribution in [0.4, 0.5) is 5.69 Å². The van der Waals surface area contributed by atoms with Gasteiger partial charge in [-0.1, -0.05) is 17.7 Å². The second-order valence-electron chi connectivity index (χ2n) is 4.20. The number of halogens is 2. The number of benzene rings is 2. The minimum Gasteiger partial charge on any atom is -0.507 e. The summed E-state index contributed by atoms with van der Waals surface area (Å²) in [4.78, 5) is 0. The molecular formula is C14H13BrClNO2. The lowest BCUT2D eigenvalue weighted by atomic mass is 10.1. The maximum atomic E-state index is 9.82. The molecule has 0 saturated carbocycles. The number of hydrogen-bond donors (Lipinski definition) is 3. The molecule has 3 N–H and O–H groups in total. The minimum atomic E-state index is -0.251. The second-order valence-corrected chi connectivity index (χ2v) is 5.49. The van der Waals surface area contributed by atoms with E-state index in [1.807, 2.05) is 13.0 Å². The van der Waals surface area contributed by atoms with Gasteiger partial charge in [0, 0.05) is 15.2 Å². The van der Waals surface area contributed by atoms with Gasteiger partial charge >= 0.3 is 0 Å². The number of nitrogens with one attached hydrogen (secondary N) is 1. The van der Waals surface area contributed by atoms with E-state index in [9.17, 15) is 10.2 Å². The zero-order valence-corrected chi connectivity index (χ0v) is 12.5. The highest BCUT2D eigenvalue weighted by atomic mass is 79.9. The monoisotopic (exact) mass is 341 g/mol. The number of phenols is 2. The maximum absolute atomic E-state index is 9.82. The third kappa shape index (κ3) is 3.14. The first-order chi connectivity index (χ1) is 8.99. The molecule has 2 aromatic carbocycles. The van der Waals surface area contributed by atoms with Crippen LogP contribution in [0.1, 0.15) is 18.5 Å². The Balaban J connectivity index is 2.28. The van der Waals surface area contributed by atoms with Crippen LogP contribution in [0.3, 0.4) is 0 Å². The molecule has 0 fully saturated rings. The minimum absolute atomic E-state index is 0.0603. The van der Waals surface area contributed by atoms with E-state index in [0.29, 0.717) is 10.6 Å². The molecule has 0 aliphatic rings. The van der Waals surface area contributed by atoms with E-state index in [0.717, 1.165) is 10.2 Å². The lowest BCUT2D eigenvalue weighted by Crippen LogP contribution is -2.07. The second kappa shape index (κ2) is 5.72. The van der Waals surface area contributed by atoms with Crippen molar-refractivity contribution in [2.24, 2.45) is 0 Å². The summed E-state index contributed by atoms with van der Waals surface area (Å²) in [5.41, 5.74) is 1.30. The highest BCUT2D eigenvalue weighted by Crippen LogP contribution is 2.36. The van der Waals surface area contributed by atoms with Gasteiger partial charge in [0.05, 0.1) is 11.6 Å². The fraction of sp³-hybridized carbons (Fsp3) is 0.143. The molecule has 0 aliphatic heterocycles. The number of anilines is 1. The van der Waals surface area contributed by atoms with Crippen LogP contribution in [0, 0.1) is 0 Å². The van der Waals surface area contributed by atoms with E-state index in [1.54, 1.807) is 30.3 Å². The summed E-state index contributed by atoms with van der Waals surface area (Å²) in [6.07, 6.45) is 0. The van der Waals surface area contributed by atoms with Crippen molar-refractivity contribution in [2.75, 3.05) is 5.32 Å². The fourth-order valence-electron chi connectivity index (χ4n) is 1.90. The first-order valence-corrected chi connectivity index (χ1v) is 6.88.